The molecule has 2 aromatic rings. The molecule has 0 unspecified atom stereocenters. The highest BCUT2D eigenvalue weighted by Crippen LogP contribution is 2.22. The maximum atomic E-state index is 12.2. The number of esters is 2. The minimum Gasteiger partial charge on any atom is -0.461 e. The van der Waals surface area contributed by atoms with Crippen LogP contribution in [0.1, 0.15) is 48.4 Å². The van der Waals surface area contributed by atoms with Crippen LogP contribution in [0.2, 0.25) is 0 Å². The van der Waals surface area contributed by atoms with Crippen molar-refractivity contribution in [1.82, 2.24) is 0 Å². The van der Waals surface area contributed by atoms with Gasteiger partial charge in [-0.15, -0.1) is 0 Å². The fraction of sp³-hybridized carbons (Fsp3) is 0.417. The minimum absolute atomic E-state index is 0.0675. The van der Waals surface area contributed by atoms with Gasteiger partial charge in [0.2, 0.25) is 0 Å². The van der Waals surface area contributed by atoms with Crippen LogP contribution in [0.15, 0.2) is 48.5 Å². The number of hydrogen-bond acceptors (Lipinski definition) is 6. The lowest BCUT2D eigenvalue weighted by Crippen LogP contribution is -2.25. The van der Waals surface area contributed by atoms with Crippen LogP contribution in [-0.4, -0.2) is 48.6 Å². The molecule has 162 valence electrons. The zero-order valence-corrected chi connectivity index (χ0v) is 18.0. The maximum absolute atomic E-state index is 12.2. The van der Waals surface area contributed by atoms with Gasteiger partial charge < -0.3 is 19.7 Å². The van der Waals surface area contributed by atoms with Gasteiger partial charge in [-0.05, 0) is 35.4 Å². The SMILES string of the molecule is CC(C)(CO)COC(=O)c1ccc(-c2ccc(C(=O)OCC(C)(C)CO)cc2)cc1. The van der Waals surface area contributed by atoms with E-state index in [0.717, 1.165) is 11.1 Å². The number of aliphatic hydroxyl groups is 2. The van der Waals surface area contributed by atoms with Crippen molar-refractivity contribution in [3.8, 4) is 11.1 Å². The van der Waals surface area contributed by atoms with Gasteiger partial charge in [0.05, 0.1) is 37.6 Å². The van der Waals surface area contributed by atoms with Crippen LogP contribution in [0.5, 0.6) is 0 Å². The Kier molecular flexibility index (Phi) is 7.76. The van der Waals surface area contributed by atoms with Gasteiger partial charge in [0, 0.05) is 10.8 Å². The highest BCUT2D eigenvalue weighted by molar-refractivity contribution is 5.91. The lowest BCUT2D eigenvalue weighted by molar-refractivity contribution is 0.0212. The Morgan fingerprint density at radius 2 is 0.967 bits per heavy atom. The van der Waals surface area contributed by atoms with Gasteiger partial charge in [-0.1, -0.05) is 52.0 Å². The summed E-state index contributed by atoms with van der Waals surface area (Å²) in [4.78, 5) is 24.3. The second kappa shape index (κ2) is 9.87. The molecule has 0 atom stereocenters. The third-order valence-corrected chi connectivity index (χ3v) is 4.62. The summed E-state index contributed by atoms with van der Waals surface area (Å²) in [5.41, 5.74) is 1.68. The molecule has 0 aliphatic heterocycles. The van der Waals surface area contributed by atoms with E-state index in [-0.39, 0.29) is 26.4 Å². The number of carbonyl (C=O) groups excluding carboxylic acids is 2. The topological polar surface area (TPSA) is 93.1 Å². The van der Waals surface area contributed by atoms with Crippen molar-refractivity contribution in [2.75, 3.05) is 26.4 Å². The van der Waals surface area contributed by atoms with Crippen molar-refractivity contribution in [2.24, 2.45) is 10.8 Å². The molecular weight excluding hydrogens is 384 g/mol. The monoisotopic (exact) mass is 414 g/mol. The summed E-state index contributed by atoms with van der Waals surface area (Å²) < 4.78 is 10.5. The summed E-state index contributed by atoms with van der Waals surface area (Å²) in [5.74, 6) is -0.876. The minimum atomic E-state index is -0.480. The number of benzene rings is 2. The molecule has 0 fully saturated rings. The third kappa shape index (κ3) is 6.68. The number of carbonyl (C=O) groups is 2. The summed E-state index contributed by atoms with van der Waals surface area (Å²) in [5, 5.41) is 18.5. The number of aliphatic hydroxyl groups excluding tert-OH is 2. The molecule has 2 rings (SSSR count). The van der Waals surface area contributed by atoms with Gasteiger partial charge in [-0.2, -0.15) is 0 Å². The van der Waals surface area contributed by atoms with Crippen LogP contribution < -0.4 is 0 Å². The highest BCUT2D eigenvalue weighted by atomic mass is 16.5. The lowest BCUT2D eigenvalue weighted by atomic mass is 9.96. The quantitative estimate of drug-likeness (QED) is 0.608. The van der Waals surface area contributed by atoms with Crippen LogP contribution >= 0.6 is 0 Å². The van der Waals surface area contributed by atoms with Crippen molar-refractivity contribution < 1.29 is 29.3 Å². The fourth-order valence-electron chi connectivity index (χ4n) is 2.38. The standard InChI is InChI=1S/C24H30O6/c1-23(2,13-25)15-29-21(27)19-9-5-17(6-10-19)18-7-11-20(12-8-18)22(28)30-16-24(3,4)14-26/h5-12,25-26H,13-16H2,1-4H3. The van der Waals surface area contributed by atoms with E-state index in [1.54, 1.807) is 24.3 Å². The van der Waals surface area contributed by atoms with E-state index in [9.17, 15) is 19.8 Å². The number of hydrogen-bond donors (Lipinski definition) is 2. The smallest absolute Gasteiger partial charge is 0.338 e. The average molecular weight is 414 g/mol. The number of ether oxygens (including phenoxy) is 2. The van der Waals surface area contributed by atoms with Crippen molar-refractivity contribution in [3.05, 3.63) is 59.7 Å². The van der Waals surface area contributed by atoms with Crippen molar-refractivity contribution in [1.29, 1.82) is 0 Å². The predicted octanol–water partition coefficient (Wildman–Crippen LogP) is 3.70. The van der Waals surface area contributed by atoms with E-state index in [0.29, 0.717) is 11.1 Å². The van der Waals surface area contributed by atoms with E-state index >= 15 is 0 Å². The van der Waals surface area contributed by atoms with Gasteiger partial charge in [0.1, 0.15) is 0 Å². The second-order valence-electron chi connectivity index (χ2n) is 8.95. The molecule has 0 saturated heterocycles. The normalized spacial score (nSPS) is 11.8. The Morgan fingerprint density at radius 3 is 1.23 bits per heavy atom. The van der Waals surface area contributed by atoms with Crippen molar-refractivity contribution in [3.63, 3.8) is 0 Å². The van der Waals surface area contributed by atoms with E-state index in [4.69, 9.17) is 9.47 Å². The molecule has 0 bridgehead atoms. The van der Waals surface area contributed by atoms with Crippen LogP contribution in [-0.2, 0) is 9.47 Å². The Labute approximate surface area is 177 Å². The molecule has 0 spiro atoms. The Balaban J connectivity index is 2.00. The Morgan fingerprint density at radius 1 is 0.667 bits per heavy atom. The zero-order valence-electron chi connectivity index (χ0n) is 18.0. The molecule has 6 heteroatoms. The van der Waals surface area contributed by atoms with Gasteiger partial charge in [0.15, 0.2) is 0 Å². The first-order chi connectivity index (χ1) is 14.1. The highest BCUT2D eigenvalue weighted by Gasteiger charge is 2.21. The maximum Gasteiger partial charge on any atom is 0.338 e. The average Bonchev–Trinajstić information content (AvgIpc) is 2.76. The molecule has 30 heavy (non-hydrogen) atoms. The third-order valence-electron chi connectivity index (χ3n) is 4.62. The van der Waals surface area contributed by atoms with E-state index in [1.165, 1.54) is 0 Å². The molecule has 0 heterocycles. The summed E-state index contributed by atoms with van der Waals surface area (Å²) in [6, 6.07) is 14.0. The largest absolute Gasteiger partial charge is 0.461 e. The first-order valence-electron chi connectivity index (χ1n) is 9.83. The van der Waals surface area contributed by atoms with Crippen molar-refractivity contribution >= 4 is 11.9 Å². The Bertz CT molecular complexity index is 777. The fourth-order valence-corrected chi connectivity index (χ4v) is 2.38. The van der Waals surface area contributed by atoms with E-state index in [1.807, 2.05) is 52.0 Å². The molecule has 2 N–H and O–H groups in total. The number of rotatable bonds is 9. The Hall–Kier alpha value is -2.70. The lowest BCUT2D eigenvalue weighted by Gasteiger charge is -2.21. The molecule has 2 aromatic carbocycles. The van der Waals surface area contributed by atoms with Crippen LogP contribution in [0, 0.1) is 10.8 Å². The second-order valence-corrected chi connectivity index (χ2v) is 8.95. The molecule has 0 aliphatic carbocycles. The molecule has 0 amide bonds. The molecule has 6 nitrogen and oxygen atoms in total. The molecule has 0 aliphatic rings. The van der Waals surface area contributed by atoms with Crippen molar-refractivity contribution in [2.45, 2.75) is 27.7 Å². The van der Waals surface area contributed by atoms with Gasteiger partial charge in [0.25, 0.3) is 0 Å². The van der Waals surface area contributed by atoms with Gasteiger partial charge in [-0.3, -0.25) is 0 Å². The van der Waals surface area contributed by atoms with Crippen LogP contribution in [0.25, 0.3) is 11.1 Å². The summed E-state index contributed by atoms with van der Waals surface area (Å²) in [6.07, 6.45) is 0. The molecule has 0 radical (unpaired) electrons. The zero-order chi connectivity index (χ0) is 22.4. The first-order valence-corrected chi connectivity index (χ1v) is 9.83. The predicted molar refractivity (Wildman–Crippen MR) is 114 cm³/mol. The van der Waals surface area contributed by atoms with E-state index in [2.05, 4.69) is 0 Å². The van der Waals surface area contributed by atoms with E-state index < -0.39 is 22.8 Å². The van der Waals surface area contributed by atoms with Crippen LogP contribution in [0.3, 0.4) is 0 Å². The molecule has 0 saturated carbocycles. The summed E-state index contributed by atoms with van der Waals surface area (Å²) >= 11 is 0. The molecular formula is C24H30O6. The summed E-state index contributed by atoms with van der Waals surface area (Å²) in [7, 11) is 0. The first kappa shape index (κ1) is 23.6. The van der Waals surface area contributed by atoms with Gasteiger partial charge in [-0.25, -0.2) is 9.59 Å². The van der Waals surface area contributed by atoms with Gasteiger partial charge >= 0.3 is 11.9 Å². The molecule has 0 aromatic heterocycles. The van der Waals surface area contributed by atoms with Crippen LogP contribution in [0.4, 0.5) is 0 Å². The summed E-state index contributed by atoms with van der Waals surface area (Å²) in [6.45, 7) is 7.40.